The maximum atomic E-state index is 12.1. The maximum absolute atomic E-state index is 12.1. The second-order valence-corrected chi connectivity index (χ2v) is 4.23. The summed E-state index contributed by atoms with van der Waals surface area (Å²) in [5.41, 5.74) is 0.982. The molecule has 5 heteroatoms. The molecule has 1 amide bonds. The fraction of sp³-hybridized carbons (Fsp3) is 0.429. The Balaban J connectivity index is 2.01. The Morgan fingerprint density at radius 1 is 1.63 bits per heavy atom. The lowest BCUT2D eigenvalue weighted by Gasteiger charge is -2.11. The van der Waals surface area contributed by atoms with Gasteiger partial charge in [0, 0.05) is 25.5 Å². The molecule has 2 N–H and O–H groups in total. The molecule has 1 saturated heterocycles. The predicted octanol–water partition coefficient (Wildman–Crippen LogP) is 0.334. The molecule has 0 aliphatic carbocycles. The van der Waals surface area contributed by atoms with Crippen LogP contribution in [-0.2, 0) is 4.74 Å². The number of amides is 1. The minimum Gasteiger partial charge on any atom is -0.384 e. The quantitative estimate of drug-likeness (QED) is 0.769. The highest BCUT2D eigenvalue weighted by Gasteiger charge is 2.17. The van der Waals surface area contributed by atoms with Gasteiger partial charge in [0.2, 0.25) is 0 Å². The van der Waals surface area contributed by atoms with Crippen molar-refractivity contribution >= 4 is 5.91 Å². The van der Waals surface area contributed by atoms with E-state index in [4.69, 9.17) is 9.84 Å². The van der Waals surface area contributed by atoms with Crippen molar-refractivity contribution in [3.63, 3.8) is 0 Å². The van der Waals surface area contributed by atoms with E-state index in [1.54, 1.807) is 12.3 Å². The standard InChI is InChI=1S/C14H16N2O3/c17-7-1-3-11-9-15-6-5-13(11)14(18)16-10-12-4-2-8-19-12/h5-6,9,12,17H,2,4,7-8,10H2,(H,16,18). The molecule has 0 radical (unpaired) electrons. The first-order valence-electron chi connectivity index (χ1n) is 6.25. The number of aliphatic hydroxyl groups is 1. The first-order valence-corrected chi connectivity index (χ1v) is 6.25. The van der Waals surface area contributed by atoms with E-state index in [0.717, 1.165) is 19.4 Å². The number of carbonyl (C=O) groups excluding carboxylic acids is 1. The van der Waals surface area contributed by atoms with Crippen molar-refractivity contribution < 1.29 is 14.6 Å². The summed E-state index contributed by atoms with van der Waals surface area (Å²) >= 11 is 0. The van der Waals surface area contributed by atoms with Gasteiger partial charge in [-0.05, 0) is 18.9 Å². The summed E-state index contributed by atoms with van der Waals surface area (Å²) in [4.78, 5) is 16.0. The number of nitrogens with zero attached hydrogens (tertiary/aromatic N) is 1. The Bertz CT molecular complexity index is 499. The number of ether oxygens (including phenoxy) is 1. The lowest BCUT2D eigenvalue weighted by atomic mass is 10.1. The lowest BCUT2D eigenvalue weighted by Crippen LogP contribution is -2.32. The summed E-state index contributed by atoms with van der Waals surface area (Å²) in [5.74, 6) is 5.04. The normalized spacial score (nSPS) is 17.6. The van der Waals surface area contributed by atoms with Crippen LogP contribution in [0, 0.1) is 11.8 Å². The van der Waals surface area contributed by atoms with Gasteiger partial charge in [-0.1, -0.05) is 11.8 Å². The number of carbonyl (C=O) groups is 1. The smallest absolute Gasteiger partial charge is 0.252 e. The third-order valence-electron chi connectivity index (χ3n) is 2.88. The number of hydrogen-bond donors (Lipinski definition) is 2. The molecular weight excluding hydrogens is 244 g/mol. The van der Waals surface area contributed by atoms with Gasteiger partial charge in [0.1, 0.15) is 6.61 Å². The van der Waals surface area contributed by atoms with E-state index in [9.17, 15) is 4.79 Å². The van der Waals surface area contributed by atoms with Crippen LogP contribution in [0.1, 0.15) is 28.8 Å². The van der Waals surface area contributed by atoms with Gasteiger partial charge in [-0.3, -0.25) is 9.78 Å². The van der Waals surface area contributed by atoms with Gasteiger partial charge in [0.15, 0.2) is 0 Å². The molecule has 0 bridgehead atoms. The molecule has 1 aliphatic rings. The van der Waals surface area contributed by atoms with Gasteiger partial charge in [-0.25, -0.2) is 0 Å². The van der Waals surface area contributed by atoms with Crippen LogP contribution in [0.3, 0.4) is 0 Å². The third kappa shape index (κ3) is 3.78. The molecule has 1 aromatic heterocycles. The molecule has 1 unspecified atom stereocenters. The van der Waals surface area contributed by atoms with E-state index in [1.165, 1.54) is 6.20 Å². The van der Waals surface area contributed by atoms with Crippen molar-refractivity contribution in [3.05, 3.63) is 29.6 Å². The maximum Gasteiger partial charge on any atom is 0.252 e. The van der Waals surface area contributed by atoms with Crippen molar-refractivity contribution in [1.29, 1.82) is 0 Å². The molecule has 0 aromatic carbocycles. The van der Waals surface area contributed by atoms with Crippen LogP contribution in [0.15, 0.2) is 18.5 Å². The average molecular weight is 260 g/mol. The van der Waals surface area contributed by atoms with E-state index in [0.29, 0.717) is 17.7 Å². The Morgan fingerprint density at radius 2 is 2.53 bits per heavy atom. The van der Waals surface area contributed by atoms with Crippen molar-refractivity contribution in [3.8, 4) is 11.8 Å². The number of hydrogen-bond acceptors (Lipinski definition) is 4. The third-order valence-corrected chi connectivity index (χ3v) is 2.88. The van der Waals surface area contributed by atoms with Crippen molar-refractivity contribution in [1.82, 2.24) is 10.3 Å². The van der Waals surface area contributed by atoms with E-state index in [2.05, 4.69) is 22.1 Å². The summed E-state index contributed by atoms with van der Waals surface area (Å²) in [7, 11) is 0. The minimum atomic E-state index is -0.244. The molecule has 1 atom stereocenters. The molecule has 2 heterocycles. The van der Waals surface area contributed by atoms with Gasteiger partial charge in [0.25, 0.3) is 5.91 Å². The van der Waals surface area contributed by atoms with E-state index >= 15 is 0 Å². The zero-order valence-electron chi connectivity index (χ0n) is 10.6. The lowest BCUT2D eigenvalue weighted by molar-refractivity contribution is 0.0857. The number of aliphatic hydroxyl groups excluding tert-OH is 1. The first kappa shape index (κ1) is 13.5. The van der Waals surface area contributed by atoms with Crippen LogP contribution in [0.2, 0.25) is 0 Å². The van der Waals surface area contributed by atoms with Crippen LogP contribution in [0.25, 0.3) is 0 Å². The van der Waals surface area contributed by atoms with E-state index in [-0.39, 0.29) is 18.6 Å². The highest BCUT2D eigenvalue weighted by Crippen LogP contribution is 2.11. The van der Waals surface area contributed by atoms with Gasteiger partial charge < -0.3 is 15.2 Å². The van der Waals surface area contributed by atoms with Crippen molar-refractivity contribution in [2.45, 2.75) is 18.9 Å². The Labute approximate surface area is 112 Å². The molecule has 0 saturated carbocycles. The topological polar surface area (TPSA) is 71.5 Å². The van der Waals surface area contributed by atoms with Crippen molar-refractivity contribution in [2.75, 3.05) is 19.8 Å². The van der Waals surface area contributed by atoms with Gasteiger partial charge >= 0.3 is 0 Å². The Kier molecular flexibility index (Phi) is 4.90. The second-order valence-electron chi connectivity index (χ2n) is 4.23. The highest BCUT2D eigenvalue weighted by molar-refractivity contribution is 5.96. The number of rotatable bonds is 3. The van der Waals surface area contributed by atoms with Crippen LogP contribution in [0.4, 0.5) is 0 Å². The number of pyridine rings is 1. The zero-order valence-corrected chi connectivity index (χ0v) is 10.6. The monoisotopic (exact) mass is 260 g/mol. The molecule has 5 nitrogen and oxygen atoms in total. The van der Waals surface area contributed by atoms with E-state index < -0.39 is 0 Å². The minimum absolute atomic E-state index is 0.109. The summed E-state index contributed by atoms with van der Waals surface area (Å²) in [5, 5.41) is 11.5. The largest absolute Gasteiger partial charge is 0.384 e. The highest BCUT2D eigenvalue weighted by atomic mass is 16.5. The van der Waals surface area contributed by atoms with Crippen LogP contribution in [0.5, 0.6) is 0 Å². The van der Waals surface area contributed by atoms with Gasteiger partial charge in [-0.2, -0.15) is 0 Å². The summed E-state index contributed by atoms with van der Waals surface area (Å²) in [6.45, 7) is 1.03. The molecule has 100 valence electrons. The van der Waals surface area contributed by atoms with Crippen LogP contribution in [-0.4, -0.2) is 41.9 Å². The molecule has 1 aliphatic heterocycles. The fourth-order valence-electron chi connectivity index (χ4n) is 1.93. The Morgan fingerprint density at radius 3 is 3.26 bits per heavy atom. The SMILES string of the molecule is O=C(NCC1CCCO1)c1ccncc1C#CCO. The molecular formula is C14H16N2O3. The second kappa shape index (κ2) is 6.88. The Hall–Kier alpha value is -1.90. The van der Waals surface area contributed by atoms with Crippen molar-refractivity contribution in [2.24, 2.45) is 0 Å². The van der Waals surface area contributed by atoms with Crippen LogP contribution < -0.4 is 5.32 Å². The molecule has 0 spiro atoms. The summed E-state index contributed by atoms with van der Waals surface area (Å²) in [6.07, 6.45) is 5.20. The average Bonchev–Trinajstić information content (AvgIpc) is 2.96. The molecule has 2 rings (SSSR count). The predicted molar refractivity (Wildman–Crippen MR) is 69.5 cm³/mol. The van der Waals surface area contributed by atoms with Gasteiger partial charge in [0.05, 0.1) is 17.2 Å². The number of nitrogens with one attached hydrogen (secondary N) is 1. The zero-order chi connectivity index (χ0) is 13.5. The molecule has 1 aromatic rings. The number of aromatic nitrogens is 1. The van der Waals surface area contributed by atoms with Crippen LogP contribution >= 0.6 is 0 Å². The fourth-order valence-corrected chi connectivity index (χ4v) is 1.93. The molecule has 19 heavy (non-hydrogen) atoms. The first-order chi connectivity index (χ1) is 9.31. The molecule has 1 fully saturated rings. The summed E-state index contributed by atoms with van der Waals surface area (Å²) < 4.78 is 5.45. The van der Waals surface area contributed by atoms with E-state index in [1.807, 2.05) is 0 Å². The van der Waals surface area contributed by atoms with Gasteiger partial charge in [-0.15, -0.1) is 0 Å². The summed E-state index contributed by atoms with van der Waals surface area (Å²) in [6, 6.07) is 1.62.